The standard InChI is InChI=1S/C13H17NO5/c1-18-7-6-13(4-5-13)8-14-11(15)9-2-3-10(19-9)12(16)17/h2-3H,4-8H2,1H3,(H,14,15)(H,16,17). The Morgan fingerprint density at radius 2 is 2.11 bits per heavy atom. The molecule has 1 aliphatic carbocycles. The molecule has 1 saturated carbocycles. The van der Waals surface area contributed by atoms with E-state index in [1.807, 2.05) is 0 Å². The molecule has 6 nitrogen and oxygen atoms in total. The minimum absolute atomic E-state index is 0.0277. The molecule has 0 aliphatic heterocycles. The van der Waals surface area contributed by atoms with Crippen molar-refractivity contribution in [1.82, 2.24) is 5.32 Å². The van der Waals surface area contributed by atoms with Crippen LogP contribution in [0.4, 0.5) is 0 Å². The summed E-state index contributed by atoms with van der Waals surface area (Å²) in [5.74, 6) is -1.76. The molecule has 0 radical (unpaired) electrons. The van der Waals surface area contributed by atoms with E-state index in [0.717, 1.165) is 19.3 Å². The van der Waals surface area contributed by atoms with Crippen LogP contribution < -0.4 is 5.32 Å². The number of furan rings is 1. The largest absolute Gasteiger partial charge is 0.475 e. The smallest absolute Gasteiger partial charge is 0.371 e. The summed E-state index contributed by atoms with van der Waals surface area (Å²) in [5.41, 5.74) is 0.147. The summed E-state index contributed by atoms with van der Waals surface area (Å²) >= 11 is 0. The minimum atomic E-state index is -1.18. The van der Waals surface area contributed by atoms with Gasteiger partial charge < -0.3 is 19.6 Å². The molecule has 2 rings (SSSR count). The maximum Gasteiger partial charge on any atom is 0.371 e. The summed E-state index contributed by atoms with van der Waals surface area (Å²) in [4.78, 5) is 22.4. The Bertz CT molecular complexity index is 475. The molecule has 104 valence electrons. The van der Waals surface area contributed by atoms with Crippen molar-refractivity contribution >= 4 is 11.9 Å². The van der Waals surface area contributed by atoms with Gasteiger partial charge in [0.25, 0.3) is 5.91 Å². The second-order valence-electron chi connectivity index (χ2n) is 4.89. The third-order valence-electron chi connectivity index (χ3n) is 3.46. The van der Waals surface area contributed by atoms with Crippen LogP contribution in [0.1, 0.15) is 40.4 Å². The summed E-state index contributed by atoms with van der Waals surface area (Å²) in [6.45, 7) is 1.25. The zero-order chi connectivity index (χ0) is 13.9. The molecular weight excluding hydrogens is 250 g/mol. The highest BCUT2D eigenvalue weighted by atomic mass is 16.5. The highest BCUT2D eigenvalue weighted by Gasteiger charge is 2.42. The summed E-state index contributed by atoms with van der Waals surface area (Å²) in [7, 11) is 1.66. The van der Waals surface area contributed by atoms with Crippen LogP contribution in [0, 0.1) is 5.41 Å². The quantitative estimate of drug-likeness (QED) is 0.782. The van der Waals surface area contributed by atoms with Crippen molar-refractivity contribution in [3.05, 3.63) is 23.7 Å². The number of hydrogen-bond acceptors (Lipinski definition) is 4. The molecule has 1 amide bonds. The third kappa shape index (κ3) is 3.35. The summed E-state index contributed by atoms with van der Waals surface area (Å²) in [6.07, 6.45) is 3.08. The highest BCUT2D eigenvalue weighted by Crippen LogP contribution is 2.48. The number of nitrogens with one attached hydrogen (secondary N) is 1. The van der Waals surface area contributed by atoms with Crippen LogP contribution in [0.15, 0.2) is 16.5 Å². The zero-order valence-corrected chi connectivity index (χ0v) is 10.8. The van der Waals surface area contributed by atoms with Crippen LogP contribution in [0.2, 0.25) is 0 Å². The Balaban J connectivity index is 1.85. The first-order valence-corrected chi connectivity index (χ1v) is 6.17. The van der Waals surface area contributed by atoms with Gasteiger partial charge in [0.1, 0.15) is 0 Å². The Labute approximate surface area is 110 Å². The topological polar surface area (TPSA) is 88.8 Å². The van der Waals surface area contributed by atoms with E-state index in [0.29, 0.717) is 13.2 Å². The summed E-state index contributed by atoms with van der Waals surface area (Å²) < 4.78 is 9.98. The monoisotopic (exact) mass is 267 g/mol. The van der Waals surface area contributed by atoms with Crippen LogP contribution in [0.25, 0.3) is 0 Å². The van der Waals surface area contributed by atoms with Crippen molar-refractivity contribution in [3.8, 4) is 0 Å². The van der Waals surface area contributed by atoms with Gasteiger partial charge in [0.15, 0.2) is 5.76 Å². The van der Waals surface area contributed by atoms with Crippen molar-refractivity contribution in [1.29, 1.82) is 0 Å². The van der Waals surface area contributed by atoms with Gasteiger partial charge in [-0.05, 0) is 36.8 Å². The fourth-order valence-corrected chi connectivity index (χ4v) is 1.94. The number of methoxy groups -OCH3 is 1. The molecule has 1 aliphatic rings. The van der Waals surface area contributed by atoms with Gasteiger partial charge in [-0.3, -0.25) is 4.79 Å². The molecular formula is C13H17NO5. The molecule has 1 aromatic rings. The molecule has 0 bridgehead atoms. The molecule has 0 aromatic carbocycles. The van der Waals surface area contributed by atoms with Gasteiger partial charge in [-0.2, -0.15) is 0 Å². The average Bonchev–Trinajstić information content (AvgIpc) is 2.97. The van der Waals surface area contributed by atoms with E-state index < -0.39 is 5.97 Å². The lowest BCUT2D eigenvalue weighted by Gasteiger charge is -2.14. The van der Waals surface area contributed by atoms with Gasteiger partial charge in [-0.15, -0.1) is 0 Å². The predicted molar refractivity (Wildman–Crippen MR) is 66.2 cm³/mol. The lowest BCUT2D eigenvalue weighted by atomic mass is 10.0. The number of carboxylic acids is 1. The Kier molecular flexibility index (Phi) is 3.90. The lowest BCUT2D eigenvalue weighted by molar-refractivity contribution is 0.0659. The van der Waals surface area contributed by atoms with E-state index in [2.05, 4.69) is 5.32 Å². The average molecular weight is 267 g/mol. The fourth-order valence-electron chi connectivity index (χ4n) is 1.94. The van der Waals surface area contributed by atoms with Crippen molar-refractivity contribution in [2.45, 2.75) is 19.3 Å². The zero-order valence-electron chi connectivity index (χ0n) is 10.8. The first kappa shape index (κ1) is 13.6. The first-order valence-electron chi connectivity index (χ1n) is 6.17. The number of aromatic carboxylic acids is 1. The summed E-state index contributed by atoms with van der Waals surface area (Å²) in [5, 5.41) is 11.5. The Morgan fingerprint density at radius 1 is 1.42 bits per heavy atom. The van der Waals surface area contributed by atoms with Crippen molar-refractivity contribution in [3.63, 3.8) is 0 Å². The van der Waals surface area contributed by atoms with Crippen LogP contribution in [0.5, 0.6) is 0 Å². The summed E-state index contributed by atoms with van der Waals surface area (Å²) in [6, 6.07) is 2.64. The number of amides is 1. The van der Waals surface area contributed by atoms with Crippen LogP contribution in [-0.2, 0) is 4.74 Å². The number of ether oxygens (including phenoxy) is 1. The Morgan fingerprint density at radius 3 is 2.63 bits per heavy atom. The molecule has 1 fully saturated rings. The van der Waals surface area contributed by atoms with Crippen LogP contribution in [-0.4, -0.2) is 37.2 Å². The van der Waals surface area contributed by atoms with E-state index >= 15 is 0 Å². The van der Waals surface area contributed by atoms with Crippen LogP contribution >= 0.6 is 0 Å². The van der Waals surface area contributed by atoms with Gasteiger partial charge in [0.05, 0.1) is 0 Å². The van der Waals surface area contributed by atoms with Gasteiger partial charge in [0, 0.05) is 20.3 Å². The number of rotatable bonds is 7. The van der Waals surface area contributed by atoms with Crippen molar-refractivity contribution in [2.75, 3.05) is 20.3 Å². The van der Waals surface area contributed by atoms with Gasteiger partial charge in [-0.25, -0.2) is 4.79 Å². The lowest BCUT2D eigenvalue weighted by Crippen LogP contribution is -2.30. The van der Waals surface area contributed by atoms with Crippen LogP contribution in [0.3, 0.4) is 0 Å². The maximum absolute atomic E-state index is 11.8. The second kappa shape index (κ2) is 5.44. The first-order chi connectivity index (χ1) is 9.06. The van der Waals surface area contributed by atoms with E-state index in [-0.39, 0.29) is 22.8 Å². The number of carboxylic acid groups (broad SMARTS) is 1. The molecule has 1 heterocycles. The van der Waals surface area contributed by atoms with Crippen molar-refractivity contribution < 1.29 is 23.8 Å². The molecule has 0 atom stereocenters. The number of carbonyl (C=O) groups excluding carboxylic acids is 1. The van der Waals surface area contributed by atoms with Gasteiger partial charge >= 0.3 is 5.97 Å². The molecule has 2 N–H and O–H groups in total. The van der Waals surface area contributed by atoms with Crippen molar-refractivity contribution in [2.24, 2.45) is 5.41 Å². The maximum atomic E-state index is 11.8. The molecule has 0 unspecified atom stereocenters. The van der Waals surface area contributed by atoms with E-state index in [4.69, 9.17) is 14.3 Å². The SMILES string of the molecule is COCCC1(CNC(=O)c2ccc(C(=O)O)o2)CC1. The number of hydrogen-bond donors (Lipinski definition) is 2. The predicted octanol–water partition coefficient (Wildman–Crippen LogP) is 1.52. The van der Waals surface area contributed by atoms with E-state index in [1.165, 1.54) is 12.1 Å². The van der Waals surface area contributed by atoms with Gasteiger partial charge in [0.2, 0.25) is 5.76 Å². The molecule has 19 heavy (non-hydrogen) atoms. The Hall–Kier alpha value is -1.82. The molecule has 0 saturated heterocycles. The van der Waals surface area contributed by atoms with E-state index in [1.54, 1.807) is 7.11 Å². The second-order valence-corrected chi connectivity index (χ2v) is 4.89. The molecule has 6 heteroatoms. The molecule has 0 spiro atoms. The minimum Gasteiger partial charge on any atom is -0.475 e. The normalized spacial score (nSPS) is 16.1. The molecule has 1 aromatic heterocycles. The van der Waals surface area contributed by atoms with Gasteiger partial charge in [-0.1, -0.05) is 0 Å². The highest BCUT2D eigenvalue weighted by molar-refractivity contribution is 5.93. The number of carbonyl (C=O) groups is 2. The third-order valence-corrected chi connectivity index (χ3v) is 3.46. The van der Waals surface area contributed by atoms with E-state index in [9.17, 15) is 9.59 Å². The fraction of sp³-hybridized carbons (Fsp3) is 0.538.